The van der Waals surface area contributed by atoms with E-state index >= 15 is 0 Å². The maximum Gasteiger partial charge on any atom is 0.260 e. The number of nitrogens with two attached hydrogens (primary N) is 2. The van der Waals surface area contributed by atoms with Crippen molar-refractivity contribution >= 4 is 39.0 Å². The van der Waals surface area contributed by atoms with Crippen molar-refractivity contribution in [3.05, 3.63) is 16.5 Å². The molecule has 140 valence electrons. The highest BCUT2D eigenvalue weighted by Crippen LogP contribution is 2.37. The molecular weight excluding hydrogens is 346 g/mol. The number of hydrogen-bond acceptors (Lipinski definition) is 6. The minimum atomic E-state index is -0.471. The standard InChI is InChI=1S/C19H27N5OS/c1-2-3-11-10-14(23-19-15(11)16(20)17(26-19)18(21)25)24-8-6-13(7-9-24)22-12-4-5-12/h10,12-13,22H,2-9,20H2,1H3,(H2,21,25). The van der Waals surface area contributed by atoms with Gasteiger partial charge in [-0.15, -0.1) is 11.3 Å². The van der Waals surface area contributed by atoms with E-state index in [0.29, 0.717) is 16.6 Å². The van der Waals surface area contributed by atoms with Crippen LogP contribution >= 0.6 is 11.3 Å². The van der Waals surface area contributed by atoms with Gasteiger partial charge in [0.25, 0.3) is 5.91 Å². The van der Waals surface area contributed by atoms with Gasteiger partial charge in [-0.05, 0) is 43.7 Å². The summed E-state index contributed by atoms with van der Waals surface area (Å²) in [6.07, 6.45) is 6.91. The van der Waals surface area contributed by atoms with Crippen molar-refractivity contribution in [3.8, 4) is 0 Å². The molecule has 7 heteroatoms. The number of nitrogens with zero attached hydrogens (tertiary/aromatic N) is 2. The molecule has 2 aromatic heterocycles. The number of amides is 1. The maximum absolute atomic E-state index is 11.7. The zero-order valence-corrected chi connectivity index (χ0v) is 16.1. The Hall–Kier alpha value is -1.86. The molecule has 3 heterocycles. The first kappa shape index (κ1) is 17.5. The van der Waals surface area contributed by atoms with E-state index in [-0.39, 0.29) is 0 Å². The number of rotatable bonds is 6. The van der Waals surface area contributed by atoms with Crippen molar-refractivity contribution in [2.75, 3.05) is 23.7 Å². The molecule has 2 aromatic rings. The van der Waals surface area contributed by atoms with Gasteiger partial charge in [0.05, 0.1) is 5.69 Å². The summed E-state index contributed by atoms with van der Waals surface area (Å²) in [5.41, 5.74) is 13.4. The van der Waals surface area contributed by atoms with E-state index < -0.39 is 5.91 Å². The quantitative estimate of drug-likeness (QED) is 0.723. The summed E-state index contributed by atoms with van der Waals surface area (Å²) in [5.74, 6) is 0.532. The van der Waals surface area contributed by atoms with Gasteiger partial charge in [0.2, 0.25) is 0 Å². The van der Waals surface area contributed by atoms with Crippen LogP contribution in [0, 0.1) is 0 Å². The third kappa shape index (κ3) is 3.38. The second kappa shape index (κ2) is 7.04. The number of piperidine rings is 1. The van der Waals surface area contributed by atoms with Crippen LogP contribution in [0.3, 0.4) is 0 Å². The van der Waals surface area contributed by atoms with Gasteiger partial charge in [-0.2, -0.15) is 0 Å². The maximum atomic E-state index is 11.7. The summed E-state index contributed by atoms with van der Waals surface area (Å²) in [6.45, 7) is 4.18. The average Bonchev–Trinajstić information content (AvgIpc) is 3.37. The molecule has 4 rings (SSSR count). The number of aryl methyl sites for hydroxylation is 1. The number of primary amides is 1. The van der Waals surface area contributed by atoms with Crippen LogP contribution in [0.1, 0.15) is 54.3 Å². The summed E-state index contributed by atoms with van der Waals surface area (Å²) in [4.78, 5) is 20.1. The zero-order valence-electron chi connectivity index (χ0n) is 15.3. The number of carbonyl (C=O) groups is 1. The van der Waals surface area contributed by atoms with Crippen LogP contribution in [-0.2, 0) is 6.42 Å². The Bertz CT molecular complexity index is 821. The van der Waals surface area contributed by atoms with Crippen LogP contribution in [-0.4, -0.2) is 36.1 Å². The third-order valence-electron chi connectivity index (χ3n) is 5.38. The summed E-state index contributed by atoms with van der Waals surface area (Å²) < 4.78 is 0. The van der Waals surface area contributed by atoms with E-state index in [1.165, 1.54) is 29.7 Å². The molecule has 6 nitrogen and oxygen atoms in total. The highest BCUT2D eigenvalue weighted by Gasteiger charge is 2.28. The predicted molar refractivity (Wildman–Crippen MR) is 108 cm³/mol. The Balaban J connectivity index is 1.61. The van der Waals surface area contributed by atoms with Gasteiger partial charge in [0, 0.05) is 30.6 Å². The van der Waals surface area contributed by atoms with Gasteiger partial charge in [-0.3, -0.25) is 4.79 Å². The molecule has 1 aliphatic carbocycles. The molecule has 1 saturated carbocycles. The van der Waals surface area contributed by atoms with Crippen LogP contribution in [0.4, 0.5) is 11.5 Å². The van der Waals surface area contributed by atoms with Crippen molar-refractivity contribution in [1.29, 1.82) is 0 Å². The number of pyridine rings is 1. The minimum absolute atomic E-state index is 0.425. The van der Waals surface area contributed by atoms with Crippen LogP contribution in [0.2, 0.25) is 0 Å². The molecular formula is C19H27N5OS. The molecule has 2 fully saturated rings. The highest BCUT2D eigenvalue weighted by atomic mass is 32.1. The van der Waals surface area contributed by atoms with E-state index in [1.54, 1.807) is 0 Å². The Morgan fingerprint density at radius 2 is 2.00 bits per heavy atom. The van der Waals surface area contributed by atoms with E-state index in [0.717, 1.165) is 60.8 Å². The van der Waals surface area contributed by atoms with E-state index in [2.05, 4.69) is 23.2 Å². The first-order chi connectivity index (χ1) is 12.6. The molecule has 0 unspecified atom stereocenters. The fraction of sp³-hybridized carbons (Fsp3) is 0.579. The molecule has 0 radical (unpaired) electrons. The number of carbonyl (C=O) groups excluding carboxylic acids is 1. The largest absolute Gasteiger partial charge is 0.397 e. The van der Waals surface area contributed by atoms with Crippen LogP contribution in [0.5, 0.6) is 0 Å². The lowest BCUT2D eigenvalue weighted by molar-refractivity contribution is 0.100. The van der Waals surface area contributed by atoms with Gasteiger partial charge < -0.3 is 21.7 Å². The summed E-state index contributed by atoms with van der Waals surface area (Å²) in [5, 5.41) is 4.65. The molecule has 2 aliphatic rings. The fourth-order valence-corrected chi connectivity index (χ4v) is 4.84. The monoisotopic (exact) mass is 373 g/mol. The second-order valence-electron chi connectivity index (χ2n) is 7.48. The van der Waals surface area contributed by atoms with Crippen molar-refractivity contribution in [2.24, 2.45) is 5.73 Å². The molecule has 0 aromatic carbocycles. The van der Waals surface area contributed by atoms with Gasteiger partial charge in [0.15, 0.2) is 0 Å². The van der Waals surface area contributed by atoms with Crippen LogP contribution in [0.25, 0.3) is 10.2 Å². The fourth-order valence-electron chi connectivity index (χ4n) is 3.85. The number of anilines is 2. The molecule has 5 N–H and O–H groups in total. The summed E-state index contributed by atoms with van der Waals surface area (Å²) >= 11 is 1.32. The van der Waals surface area contributed by atoms with Crippen molar-refractivity contribution < 1.29 is 4.79 Å². The van der Waals surface area contributed by atoms with Crippen LogP contribution in [0.15, 0.2) is 6.07 Å². The van der Waals surface area contributed by atoms with Crippen molar-refractivity contribution in [3.63, 3.8) is 0 Å². The molecule has 26 heavy (non-hydrogen) atoms. The van der Waals surface area contributed by atoms with Gasteiger partial charge in [0.1, 0.15) is 15.5 Å². The van der Waals surface area contributed by atoms with E-state index in [4.69, 9.17) is 16.5 Å². The first-order valence-corrected chi connectivity index (χ1v) is 10.4. The summed E-state index contributed by atoms with van der Waals surface area (Å²) in [7, 11) is 0. The Morgan fingerprint density at radius 3 is 2.62 bits per heavy atom. The smallest absolute Gasteiger partial charge is 0.260 e. The topological polar surface area (TPSA) is 97.3 Å². The molecule has 1 amide bonds. The van der Waals surface area contributed by atoms with E-state index in [9.17, 15) is 4.79 Å². The number of nitrogens with one attached hydrogen (secondary N) is 1. The van der Waals surface area contributed by atoms with Crippen molar-refractivity contribution in [1.82, 2.24) is 10.3 Å². The zero-order chi connectivity index (χ0) is 18.3. The SMILES string of the molecule is CCCc1cc(N2CCC(NC3CC3)CC2)nc2sc(C(N)=O)c(N)c12. The first-order valence-electron chi connectivity index (χ1n) is 9.59. The highest BCUT2D eigenvalue weighted by molar-refractivity contribution is 7.21. The van der Waals surface area contributed by atoms with Crippen LogP contribution < -0.4 is 21.7 Å². The van der Waals surface area contributed by atoms with E-state index in [1.807, 2.05) is 0 Å². The number of nitrogen functional groups attached to an aromatic ring is 1. The molecule has 0 atom stereocenters. The number of hydrogen-bond donors (Lipinski definition) is 3. The molecule has 1 saturated heterocycles. The number of aromatic nitrogens is 1. The summed E-state index contributed by atoms with van der Waals surface area (Å²) in [6, 6.07) is 3.56. The normalized spacial score (nSPS) is 18.6. The third-order valence-corrected chi connectivity index (χ3v) is 6.49. The lowest BCUT2D eigenvalue weighted by Crippen LogP contribution is -2.43. The Morgan fingerprint density at radius 1 is 1.31 bits per heavy atom. The van der Waals surface area contributed by atoms with Gasteiger partial charge in [-0.1, -0.05) is 13.3 Å². The van der Waals surface area contributed by atoms with Gasteiger partial charge in [-0.25, -0.2) is 4.98 Å². The number of thiophene rings is 1. The van der Waals surface area contributed by atoms with Gasteiger partial charge >= 0.3 is 0 Å². The molecule has 1 aliphatic heterocycles. The lowest BCUT2D eigenvalue weighted by atomic mass is 10.0. The minimum Gasteiger partial charge on any atom is -0.397 e. The second-order valence-corrected chi connectivity index (χ2v) is 8.48. The number of fused-ring (bicyclic) bond motifs is 1. The Kier molecular flexibility index (Phi) is 4.75. The molecule has 0 spiro atoms. The Labute approximate surface area is 157 Å². The van der Waals surface area contributed by atoms with Crippen molar-refractivity contribution in [2.45, 2.75) is 57.5 Å². The predicted octanol–water partition coefficient (Wildman–Crippen LogP) is 2.65. The average molecular weight is 374 g/mol. The lowest BCUT2D eigenvalue weighted by Gasteiger charge is -2.33. The molecule has 0 bridgehead atoms.